The highest BCUT2D eigenvalue weighted by Crippen LogP contribution is 2.31. The highest BCUT2D eigenvalue weighted by molar-refractivity contribution is 5.92. The molecule has 2 aromatic rings. The topological polar surface area (TPSA) is 86.5 Å². The zero-order valence-electron chi connectivity index (χ0n) is 11.3. The van der Waals surface area contributed by atoms with Crippen LogP contribution in [0.25, 0.3) is 10.9 Å². The van der Waals surface area contributed by atoms with Crippen LogP contribution in [-0.4, -0.2) is 42.3 Å². The number of morpholine rings is 1. The van der Waals surface area contributed by atoms with Gasteiger partial charge in [-0.25, -0.2) is 0 Å². The van der Waals surface area contributed by atoms with Gasteiger partial charge in [0.25, 0.3) is 5.69 Å². The maximum atomic E-state index is 11.0. The SMILES string of the molecule is O=[N+]([O-])c1ccc(OCC2CNCCO2)c2ncccc12. The quantitative estimate of drug-likeness (QED) is 0.678. The number of nitro groups is 1. The molecule has 3 rings (SSSR count). The summed E-state index contributed by atoms with van der Waals surface area (Å²) in [6.07, 6.45) is 1.57. The zero-order chi connectivity index (χ0) is 14.7. The molecule has 1 aliphatic rings. The van der Waals surface area contributed by atoms with Crippen LogP contribution >= 0.6 is 0 Å². The van der Waals surface area contributed by atoms with Crippen molar-refractivity contribution >= 4 is 16.6 Å². The minimum atomic E-state index is -0.415. The number of rotatable bonds is 4. The van der Waals surface area contributed by atoms with Crippen LogP contribution in [0.5, 0.6) is 5.75 Å². The van der Waals surface area contributed by atoms with E-state index in [9.17, 15) is 10.1 Å². The molecule has 21 heavy (non-hydrogen) atoms. The molecular formula is C14H15N3O4. The molecule has 1 aromatic carbocycles. The van der Waals surface area contributed by atoms with Gasteiger partial charge in [-0.05, 0) is 18.2 Å². The Morgan fingerprint density at radius 2 is 2.38 bits per heavy atom. The van der Waals surface area contributed by atoms with Crippen LogP contribution in [-0.2, 0) is 4.74 Å². The first-order valence-electron chi connectivity index (χ1n) is 6.73. The maximum absolute atomic E-state index is 11.0. The first-order valence-corrected chi connectivity index (χ1v) is 6.73. The molecule has 1 fully saturated rings. The third kappa shape index (κ3) is 2.93. The van der Waals surface area contributed by atoms with Crippen LogP contribution in [0.3, 0.4) is 0 Å². The van der Waals surface area contributed by atoms with Gasteiger partial charge in [0.2, 0.25) is 0 Å². The monoisotopic (exact) mass is 289 g/mol. The second kappa shape index (κ2) is 6.02. The summed E-state index contributed by atoms with van der Waals surface area (Å²) in [4.78, 5) is 14.8. The molecule has 0 amide bonds. The lowest BCUT2D eigenvalue weighted by atomic mass is 10.1. The second-order valence-corrected chi connectivity index (χ2v) is 4.75. The summed E-state index contributed by atoms with van der Waals surface area (Å²) in [6, 6.07) is 6.38. The van der Waals surface area contributed by atoms with Gasteiger partial charge in [-0.15, -0.1) is 0 Å². The van der Waals surface area contributed by atoms with Crippen molar-refractivity contribution in [3.8, 4) is 5.75 Å². The normalized spacial score (nSPS) is 18.6. The van der Waals surface area contributed by atoms with Crippen LogP contribution in [0.4, 0.5) is 5.69 Å². The number of non-ortho nitro benzene ring substituents is 1. The lowest BCUT2D eigenvalue weighted by Crippen LogP contribution is -2.41. The first-order chi connectivity index (χ1) is 10.3. The first kappa shape index (κ1) is 13.7. The van der Waals surface area contributed by atoms with E-state index in [-0.39, 0.29) is 11.8 Å². The second-order valence-electron chi connectivity index (χ2n) is 4.75. The Labute approximate surface area is 121 Å². The fourth-order valence-electron chi connectivity index (χ4n) is 2.32. The Morgan fingerprint density at radius 1 is 1.48 bits per heavy atom. The molecule has 0 radical (unpaired) electrons. The molecule has 0 saturated carbocycles. The predicted molar refractivity (Wildman–Crippen MR) is 76.5 cm³/mol. The minimum Gasteiger partial charge on any atom is -0.489 e. The number of ether oxygens (including phenoxy) is 2. The zero-order valence-corrected chi connectivity index (χ0v) is 11.3. The average molecular weight is 289 g/mol. The van der Waals surface area contributed by atoms with Gasteiger partial charge in [0, 0.05) is 25.4 Å². The van der Waals surface area contributed by atoms with E-state index in [0.29, 0.717) is 29.9 Å². The van der Waals surface area contributed by atoms with Crippen molar-refractivity contribution in [3.05, 3.63) is 40.6 Å². The lowest BCUT2D eigenvalue weighted by molar-refractivity contribution is -0.383. The van der Waals surface area contributed by atoms with Crippen LogP contribution in [0, 0.1) is 10.1 Å². The highest BCUT2D eigenvalue weighted by atomic mass is 16.6. The van der Waals surface area contributed by atoms with Gasteiger partial charge >= 0.3 is 0 Å². The van der Waals surface area contributed by atoms with E-state index in [1.165, 1.54) is 6.07 Å². The molecule has 7 nitrogen and oxygen atoms in total. The van der Waals surface area contributed by atoms with E-state index in [2.05, 4.69) is 10.3 Å². The standard InChI is InChI=1S/C14H15N3O4/c18-17(19)12-3-4-13(14-11(12)2-1-5-16-14)21-9-10-8-15-6-7-20-10/h1-5,10,15H,6-9H2. The van der Waals surface area contributed by atoms with Crippen molar-refractivity contribution in [2.24, 2.45) is 0 Å². The molecule has 1 atom stereocenters. The Bertz CT molecular complexity index is 656. The van der Waals surface area contributed by atoms with Gasteiger partial charge in [0.15, 0.2) is 0 Å². The van der Waals surface area contributed by atoms with Crippen LogP contribution in [0.2, 0.25) is 0 Å². The molecule has 0 spiro atoms. The fraction of sp³-hybridized carbons (Fsp3) is 0.357. The van der Waals surface area contributed by atoms with Crippen LogP contribution in [0.1, 0.15) is 0 Å². The maximum Gasteiger partial charge on any atom is 0.279 e. The van der Waals surface area contributed by atoms with E-state index < -0.39 is 4.92 Å². The minimum absolute atomic E-state index is 0.0206. The molecule has 2 heterocycles. The third-order valence-electron chi connectivity index (χ3n) is 3.34. The van der Waals surface area contributed by atoms with E-state index in [1.807, 2.05) is 0 Å². The Balaban J connectivity index is 1.85. The molecule has 1 aliphatic heterocycles. The Morgan fingerprint density at radius 3 is 3.14 bits per heavy atom. The number of hydrogen-bond donors (Lipinski definition) is 1. The summed E-state index contributed by atoms with van der Waals surface area (Å²) >= 11 is 0. The van der Waals surface area contributed by atoms with E-state index >= 15 is 0 Å². The fourth-order valence-corrected chi connectivity index (χ4v) is 2.32. The smallest absolute Gasteiger partial charge is 0.279 e. The Hall–Kier alpha value is -2.25. The van der Waals surface area contributed by atoms with Crippen molar-refractivity contribution < 1.29 is 14.4 Å². The largest absolute Gasteiger partial charge is 0.489 e. The third-order valence-corrected chi connectivity index (χ3v) is 3.34. The summed E-state index contributed by atoms with van der Waals surface area (Å²) in [5.41, 5.74) is 0.525. The predicted octanol–water partition coefficient (Wildman–Crippen LogP) is 1.51. The number of fused-ring (bicyclic) bond motifs is 1. The highest BCUT2D eigenvalue weighted by Gasteiger charge is 2.18. The van der Waals surface area contributed by atoms with Gasteiger partial charge in [-0.2, -0.15) is 0 Å². The number of nitrogens with zero attached hydrogens (tertiary/aromatic N) is 2. The average Bonchev–Trinajstić information content (AvgIpc) is 2.53. The molecule has 1 aromatic heterocycles. The van der Waals surface area contributed by atoms with E-state index in [0.717, 1.165) is 13.1 Å². The molecule has 1 unspecified atom stereocenters. The number of nitro benzene ring substituents is 1. The Kier molecular flexibility index (Phi) is 3.94. The summed E-state index contributed by atoms with van der Waals surface area (Å²) in [6.45, 7) is 2.63. The molecule has 0 bridgehead atoms. The summed E-state index contributed by atoms with van der Waals surface area (Å²) in [5.74, 6) is 0.533. The lowest BCUT2D eigenvalue weighted by Gasteiger charge is -2.23. The number of pyridine rings is 1. The van der Waals surface area contributed by atoms with Crippen molar-refractivity contribution in [2.45, 2.75) is 6.10 Å². The van der Waals surface area contributed by atoms with Gasteiger partial charge in [-0.1, -0.05) is 0 Å². The number of hydrogen-bond acceptors (Lipinski definition) is 6. The summed E-state index contributed by atoms with van der Waals surface area (Å²) < 4.78 is 11.3. The van der Waals surface area contributed by atoms with Gasteiger partial charge in [-0.3, -0.25) is 15.1 Å². The van der Waals surface area contributed by atoms with Crippen molar-refractivity contribution in [1.29, 1.82) is 0 Å². The van der Waals surface area contributed by atoms with Crippen LogP contribution in [0.15, 0.2) is 30.5 Å². The van der Waals surface area contributed by atoms with Gasteiger partial charge in [0.1, 0.15) is 24.0 Å². The molecule has 7 heteroatoms. The van der Waals surface area contributed by atoms with Crippen molar-refractivity contribution in [2.75, 3.05) is 26.3 Å². The van der Waals surface area contributed by atoms with Gasteiger partial charge < -0.3 is 14.8 Å². The molecule has 1 saturated heterocycles. The van der Waals surface area contributed by atoms with E-state index in [4.69, 9.17) is 9.47 Å². The molecule has 110 valence electrons. The number of benzene rings is 1. The number of aromatic nitrogens is 1. The van der Waals surface area contributed by atoms with Crippen molar-refractivity contribution in [1.82, 2.24) is 10.3 Å². The van der Waals surface area contributed by atoms with Gasteiger partial charge in [0.05, 0.1) is 16.9 Å². The molecular weight excluding hydrogens is 274 g/mol. The molecule has 0 aliphatic carbocycles. The number of nitrogens with one attached hydrogen (secondary N) is 1. The van der Waals surface area contributed by atoms with Crippen molar-refractivity contribution in [3.63, 3.8) is 0 Å². The summed E-state index contributed by atoms with van der Waals surface area (Å²) in [5, 5.41) is 14.7. The van der Waals surface area contributed by atoms with E-state index in [1.54, 1.807) is 24.4 Å². The molecule has 1 N–H and O–H groups in total. The van der Waals surface area contributed by atoms with Crippen LogP contribution < -0.4 is 10.1 Å². The summed E-state index contributed by atoms with van der Waals surface area (Å²) in [7, 11) is 0.